The smallest absolute Gasteiger partial charge is 0.377 e. The Morgan fingerprint density at radius 3 is 2.50 bits per heavy atom. The Labute approximate surface area is 56.2 Å². The van der Waals surface area contributed by atoms with E-state index < -0.39 is 24.0 Å². The summed E-state index contributed by atoms with van der Waals surface area (Å²) in [6.45, 7) is -0.314. The van der Waals surface area contributed by atoms with Crippen molar-refractivity contribution >= 4 is 11.8 Å². The van der Waals surface area contributed by atoms with E-state index in [2.05, 4.69) is 4.74 Å². The molecule has 10 heavy (non-hydrogen) atoms. The maximum absolute atomic E-state index is 10.5. The lowest BCUT2D eigenvalue weighted by Gasteiger charge is -2.20. The van der Waals surface area contributed by atoms with Crippen molar-refractivity contribution in [1.29, 1.82) is 0 Å². The topological polar surface area (TPSA) is 83.8 Å². The van der Waals surface area contributed by atoms with Crippen molar-refractivity contribution in [2.75, 3.05) is 6.61 Å². The second kappa shape index (κ2) is 2.36. The summed E-state index contributed by atoms with van der Waals surface area (Å²) in [6, 6.07) is 0. The lowest BCUT2D eigenvalue weighted by atomic mass is 10.1. The van der Waals surface area contributed by atoms with Gasteiger partial charge in [-0.2, -0.15) is 0 Å². The van der Waals surface area contributed by atoms with Gasteiger partial charge in [-0.15, -0.1) is 0 Å². The van der Waals surface area contributed by atoms with Gasteiger partial charge in [-0.3, -0.25) is 4.79 Å². The Balaban J connectivity index is 2.70. The predicted octanol–water partition coefficient (Wildman–Crippen LogP) is -2.17. The summed E-state index contributed by atoms with van der Waals surface area (Å²) < 4.78 is 4.17. The molecule has 2 N–H and O–H groups in total. The molecule has 5 heteroatoms. The fourth-order valence-corrected chi connectivity index (χ4v) is 0.619. The van der Waals surface area contributed by atoms with Crippen LogP contribution in [-0.2, 0) is 14.3 Å². The first-order valence-corrected chi connectivity index (χ1v) is 2.70. The molecule has 1 fully saturated rings. The molecule has 0 aliphatic carbocycles. The van der Waals surface area contributed by atoms with Crippen molar-refractivity contribution in [3.63, 3.8) is 0 Å². The number of ketones is 1. The number of hydrogen-bond donors (Lipinski definition) is 2. The van der Waals surface area contributed by atoms with Gasteiger partial charge in [0.1, 0.15) is 12.7 Å². The minimum atomic E-state index is -1.61. The molecule has 0 spiro atoms. The monoisotopic (exact) mass is 146 g/mol. The molecule has 0 saturated carbocycles. The molecule has 1 saturated heterocycles. The summed E-state index contributed by atoms with van der Waals surface area (Å²) in [5.41, 5.74) is 0. The van der Waals surface area contributed by atoms with Crippen molar-refractivity contribution in [1.82, 2.24) is 0 Å². The zero-order chi connectivity index (χ0) is 7.72. The maximum Gasteiger partial charge on any atom is 0.377 e. The van der Waals surface area contributed by atoms with E-state index >= 15 is 0 Å². The number of aliphatic hydroxyl groups excluding tert-OH is 2. The van der Waals surface area contributed by atoms with Gasteiger partial charge in [0.25, 0.3) is 5.78 Å². The van der Waals surface area contributed by atoms with E-state index in [-0.39, 0.29) is 6.61 Å². The third kappa shape index (κ3) is 1.01. The van der Waals surface area contributed by atoms with Crippen LogP contribution in [0.4, 0.5) is 0 Å². The number of esters is 1. The first-order valence-electron chi connectivity index (χ1n) is 2.70. The SMILES string of the molecule is O=C1OCC(O)C(O)C1=O. The molecular weight excluding hydrogens is 140 g/mol. The summed E-state index contributed by atoms with van der Waals surface area (Å²) in [4.78, 5) is 20.8. The van der Waals surface area contributed by atoms with Crippen LogP contribution in [0.1, 0.15) is 0 Å². The molecule has 2 atom stereocenters. The number of rotatable bonds is 0. The Morgan fingerprint density at radius 2 is 2.00 bits per heavy atom. The van der Waals surface area contributed by atoms with Crippen molar-refractivity contribution in [2.24, 2.45) is 0 Å². The molecule has 56 valence electrons. The largest absolute Gasteiger partial charge is 0.457 e. The minimum Gasteiger partial charge on any atom is -0.457 e. The summed E-state index contributed by atoms with van der Waals surface area (Å²) in [5.74, 6) is -2.17. The average Bonchev–Trinajstić information content (AvgIpc) is 1.93. The Kier molecular flexibility index (Phi) is 1.69. The van der Waals surface area contributed by atoms with Crippen LogP contribution in [0.15, 0.2) is 0 Å². The maximum atomic E-state index is 10.5. The van der Waals surface area contributed by atoms with Crippen LogP contribution < -0.4 is 0 Å². The number of hydrogen-bond acceptors (Lipinski definition) is 5. The summed E-state index contributed by atoms with van der Waals surface area (Å²) in [7, 11) is 0. The fourth-order valence-electron chi connectivity index (χ4n) is 0.619. The normalized spacial score (nSPS) is 33.8. The zero-order valence-corrected chi connectivity index (χ0v) is 4.98. The lowest BCUT2D eigenvalue weighted by Crippen LogP contribution is -2.47. The van der Waals surface area contributed by atoms with Crippen LogP contribution in [0, 0.1) is 0 Å². The number of carbonyl (C=O) groups is 2. The van der Waals surface area contributed by atoms with E-state index in [0.29, 0.717) is 0 Å². The van der Waals surface area contributed by atoms with Crippen LogP contribution in [0.25, 0.3) is 0 Å². The quantitative estimate of drug-likeness (QED) is 0.300. The van der Waals surface area contributed by atoms with Gasteiger partial charge in [0.2, 0.25) is 0 Å². The minimum absolute atomic E-state index is 0.314. The standard InChI is InChI=1S/C5H6O5/c6-2-1-10-5(9)4(8)3(2)7/h2-3,6-7H,1H2. The van der Waals surface area contributed by atoms with E-state index in [4.69, 9.17) is 10.2 Å². The summed E-state index contributed by atoms with van der Waals surface area (Å²) in [5, 5.41) is 17.4. The number of carbonyl (C=O) groups excluding carboxylic acids is 2. The molecule has 0 radical (unpaired) electrons. The molecule has 2 unspecified atom stereocenters. The van der Waals surface area contributed by atoms with Gasteiger partial charge in [0.05, 0.1) is 0 Å². The van der Waals surface area contributed by atoms with E-state index in [1.54, 1.807) is 0 Å². The highest BCUT2D eigenvalue weighted by Crippen LogP contribution is 2.04. The van der Waals surface area contributed by atoms with Gasteiger partial charge in [-0.25, -0.2) is 4.79 Å². The predicted molar refractivity (Wildman–Crippen MR) is 28.0 cm³/mol. The molecule has 0 aromatic heterocycles. The highest BCUT2D eigenvalue weighted by molar-refractivity contribution is 6.36. The highest BCUT2D eigenvalue weighted by Gasteiger charge is 2.36. The first kappa shape index (κ1) is 7.17. The van der Waals surface area contributed by atoms with Crippen LogP contribution in [-0.4, -0.2) is 40.8 Å². The molecule has 1 aliphatic heterocycles. The van der Waals surface area contributed by atoms with Gasteiger partial charge in [-0.05, 0) is 0 Å². The lowest BCUT2D eigenvalue weighted by molar-refractivity contribution is -0.172. The first-order chi connectivity index (χ1) is 4.63. The Morgan fingerprint density at radius 1 is 1.40 bits per heavy atom. The second-order valence-corrected chi connectivity index (χ2v) is 1.97. The fraction of sp³-hybridized carbons (Fsp3) is 0.600. The molecule has 0 amide bonds. The third-order valence-electron chi connectivity index (χ3n) is 1.22. The molecule has 1 rings (SSSR count). The number of cyclic esters (lactones) is 1. The third-order valence-corrected chi connectivity index (χ3v) is 1.22. The van der Waals surface area contributed by atoms with Crippen LogP contribution >= 0.6 is 0 Å². The molecule has 5 nitrogen and oxygen atoms in total. The number of aliphatic hydroxyl groups is 2. The van der Waals surface area contributed by atoms with Crippen molar-refractivity contribution in [3.8, 4) is 0 Å². The van der Waals surface area contributed by atoms with Crippen molar-refractivity contribution < 1.29 is 24.5 Å². The van der Waals surface area contributed by atoms with E-state index in [9.17, 15) is 9.59 Å². The van der Waals surface area contributed by atoms with E-state index in [0.717, 1.165) is 0 Å². The van der Waals surface area contributed by atoms with Crippen molar-refractivity contribution in [3.05, 3.63) is 0 Å². The van der Waals surface area contributed by atoms with E-state index in [1.807, 2.05) is 0 Å². The van der Waals surface area contributed by atoms with Crippen LogP contribution in [0.2, 0.25) is 0 Å². The van der Waals surface area contributed by atoms with Crippen LogP contribution in [0.3, 0.4) is 0 Å². The molecule has 1 heterocycles. The Hall–Kier alpha value is -0.940. The average molecular weight is 146 g/mol. The molecule has 0 bridgehead atoms. The molecule has 1 aliphatic rings. The summed E-state index contributed by atoms with van der Waals surface area (Å²) >= 11 is 0. The van der Waals surface area contributed by atoms with E-state index in [1.165, 1.54) is 0 Å². The molecular formula is C5H6O5. The van der Waals surface area contributed by atoms with Gasteiger partial charge in [0, 0.05) is 0 Å². The number of Topliss-reactive ketones (excluding diaryl/α,β-unsaturated/α-hetero) is 1. The van der Waals surface area contributed by atoms with Crippen LogP contribution in [0.5, 0.6) is 0 Å². The van der Waals surface area contributed by atoms with Gasteiger partial charge >= 0.3 is 5.97 Å². The van der Waals surface area contributed by atoms with Gasteiger partial charge in [0.15, 0.2) is 6.10 Å². The van der Waals surface area contributed by atoms with Gasteiger partial charge < -0.3 is 14.9 Å². The zero-order valence-electron chi connectivity index (χ0n) is 4.98. The molecule has 0 aromatic rings. The Bertz CT molecular complexity index is 175. The number of ether oxygens (including phenoxy) is 1. The summed E-state index contributed by atoms with van der Waals surface area (Å²) in [6.07, 6.45) is -2.88. The second-order valence-electron chi connectivity index (χ2n) is 1.97. The highest BCUT2D eigenvalue weighted by atomic mass is 16.6. The van der Waals surface area contributed by atoms with Gasteiger partial charge in [-0.1, -0.05) is 0 Å². The van der Waals surface area contributed by atoms with Crippen molar-refractivity contribution in [2.45, 2.75) is 12.2 Å². The molecule has 0 aromatic carbocycles.